The Hall–Kier alpha value is -2.10. The Morgan fingerprint density at radius 3 is 2.73 bits per heavy atom. The lowest BCUT2D eigenvalue weighted by Gasteiger charge is -2.15. The Kier molecular flexibility index (Phi) is 5.49. The third-order valence-electron chi connectivity index (χ3n) is 3.70. The first kappa shape index (κ1) is 18.7. The fourth-order valence-corrected chi connectivity index (χ4v) is 3.96. The predicted molar refractivity (Wildman–Crippen MR) is 112 cm³/mol. The summed E-state index contributed by atoms with van der Waals surface area (Å²) in [7, 11) is 0. The van der Waals surface area contributed by atoms with Crippen LogP contribution in [0.25, 0.3) is 22.7 Å². The second-order valence-corrected chi connectivity index (χ2v) is 8.02. The maximum atomic E-state index is 9.69. The fourth-order valence-electron chi connectivity index (χ4n) is 2.61. The van der Waals surface area contributed by atoms with Crippen LogP contribution in [0.5, 0.6) is 5.75 Å². The number of aryl methyl sites for hydroxylation is 1. The van der Waals surface area contributed by atoms with E-state index in [-0.39, 0.29) is 6.10 Å². The van der Waals surface area contributed by atoms with Crippen LogP contribution < -0.4 is 4.74 Å². The lowest BCUT2D eigenvalue weighted by molar-refractivity contribution is 0.240. The van der Waals surface area contributed by atoms with Gasteiger partial charge in [-0.25, -0.2) is 4.98 Å². The van der Waals surface area contributed by atoms with E-state index in [1.165, 1.54) is 0 Å². The monoisotopic (exact) mass is 473 g/mol. The van der Waals surface area contributed by atoms with E-state index in [2.05, 4.69) is 47.9 Å². The number of ether oxygens (including phenoxy) is 1. The highest BCUT2D eigenvalue weighted by molar-refractivity contribution is 9.11. The minimum absolute atomic E-state index is 0.0133. The normalized spacial score (nSPS) is 11.8. The zero-order valence-electron chi connectivity index (χ0n) is 14.6. The standard InChI is InChI=1S/C20H17Br2N3O/c1-11(2)26-19-13(8-15(21)9-16(19)22)7-14(10-23)20-24-17-5-4-12(3)6-18(17)25-20/h4-9,11H,1-3H3,(H,24,25). The second kappa shape index (κ2) is 7.65. The highest BCUT2D eigenvalue weighted by atomic mass is 79.9. The fraction of sp³-hybridized carbons (Fsp3) is 0.200. The largest absolute Gasteiger partial charge is 0.489 e. The molecule has 3 rings (SSSR count). The van der Waals surface area contributed by atoms with Crippen LogP contribution in [-0.4, -0.2) is 16.1 Å². The minimum atomic E-state index is 0.0133. The summed E-state index contributed by atoms with van der Waals surface area (Å²) in [6.45, 7) is 5.96. The zero-order chi connectivity index (χ0) is 18.8. The molecule has 3 aromatic rings. The van der Waals surface area contributed by atoms with Crippen LogP contribution >= 0.6 is 31.9 Å². The first-order chi connectivity index (χ1) is 12.4. The van der Waals surface area contributed by atoms with Crippen LogP contribution in [-0.2, 0) is 0 Å². The number of H-pyrrole nitrogens is 1. The van der Waals surface area contributed by atoms with Crippen molar-refractivity contribution in [2.75, 3.05) is 0 Å². The number of hydrogen-bond acceptors (Lipinski definition) is 3. The molecule has 0 unspecified atom stereocenters. The minimum Gasteiger partial charge on any atom is -0.489 e. The summed E-state index contributed by atoms with van der Waals surface area (Å²) >= 11 is 7.04. The second-order valence-electron chi connectivity index (χ2n) is 6.25. The summed E-state index contributed by atoms with van der Waals surface area (Å²) in [4.78, 5) is 7.78. The quantitative estimate of drug-likeness (QED) is 0.454. The molecule has 0 amide bonds. The number of benzene rings is 2. The van der Waals surface area contributed by atoms with E-state index in [1.807, 2.05) is 51.1 Å². The molecule has 1 N–H and O–H groups in total. The first-order valence-electron chi connectivity index (χ1n) is 8.11. The molecule has 0 aliphatic heterocycles. The number of allylic oxidation sites excluding steroid dienone is 1. The molecule has 26 heavy (non-hydrogen) atoms. The first-order valence-corrected chi connectivity index (χ1v) is 9.70. The molecule has 0 saturated heterocycles. The summed E-state index contributed by atoms with van der Waals surface area (Å²) in [5.74, 6) is 1.24. The number of aromatic nitrogens is 2. The molecule has 2 aromatic carbocycles. The van der Waals surface area contributed by atoms with Crippen LogP contribution in [0.1, 0.15) is 30.8 Å². The Balaban J connectivity index is 2.12. The summed E-state index contributed by atoms with van der Waals surface area (Å²) < 4.78 is 7.65. The van der Waals surface area contributed by atoms with Crippen LogP contribution in [0.15, 0.2) is 39.3 Å². The van der Waals surface area contributed by atoms with Gasteiger partial charge in [0.1, 0.15) is 17.6 Å². The average Bonchev–Trinajstić information content (AvgIpc) is 2.98. The molecule has 0 saturated carbocycles. The van der Waals surface area contributed by atoms with E-state index in [9.17, 15) is 5.26 Å². The van der Waals surface area contributed by atoms with Crippen LogP contribution in [0.2, 0.25) is 0 Å². The molecule has 4 nitrogen and oxygen atoms in total. The summed E-state index contributed by atoms with van der Waals surface area (Å²) in [5.41, 5.74) is 4.13. The van der Waals surface area contributed by atoms with E-state index in [0.29, 0.717) is 17.1 Å². The van der Waals surface area contributed by atoms with Crippen molar-refractivity contribution in [2.45, 2.75) is 26.9 Å². The van der Waals surface area contributed by atoms with Gasteiger partial charge in [0.15, 0.2) is 0 Å². The topological polar surface area (TPSA) is 61.7 Å². The van der Waals surface area contributed by atoms with Crippen molar-refractivity contribution < 1.29 is 4.74 Å². The number of imidazole rings is 1. The Morgan fingerprint density at radius 2 is 2.04 bits per heavy atom. The Bertz CT molecular complexity index is 1050. The maximum absolute atomic E-state index is 9.69. The van der Waals surface area contributed by atoms with Gasteiger partial charge < -0.3 is 9.72 Å². The third-order valence-corrected chi connectivity index (χ3v) is 4.75. The number of nitrogens with one attached hydrogen (secondary N) is 1. The molecule has 1 heterocycles. The number of rotatable bonds is 4. The van der Waals surface area contributed by atoms with Crippen molar-refractivity contribution in [3.05, 3.63) is 56.2 Å². The van der Waals surface area contributed by atoms with Gasteiger partial charge >= 0.3 is 0 Å². The number of halogens is 2. The van der Waals surface area contributed by atoms with Gasteiger partial charge in [0.05, 0.1) is 27.2 Å². The van der Waals surface area contributed by atoms with Crippen LogP contribution in [0.3, 0.4) is 0 Å². The van der Waals surface area contributed by atoms with Crippen molar-refractivity contribution in [1.29, 1.82) is 5.26 Å². The van der Waals surface area contributed by atoms with Gasteiger partial charge in [0, 0.05) is 10.0 Å². The molecule has 132 valence electrons. The molecule has 0 bridgehead atoms. The number of hydrogen-bond donors (Lipinski definition) is 1. The maximum Gasteiger partial charge on any atom is 0.149 e. The average molecular weight is 475 g/mol. The van der Waals surface area contributed by atoms with Crippen molar-refractivity contribution in [3.8, 4) is 11.8 Å². The lowest BCUT2D eigenvalue weighted by Crippen LogP contribution is -2.07. The molecule has 0 radical (unpaired) electrons. The molecule has 1 aromatic heterocycles. The van der Waals surface area contributed by atoms with E-state index in [0.717, 1.165) is 31.1 Å². The smallest absolute Gasteiger partial charge is 0.149 e. The molecule has 0 aliphatic carbocycles. The van der Waals surface area contributed by atoms with Gasteiger partial charge in [0.2, 0.25) is 0 Å². The molecular formula is C20H17Br2N3O. The molecule has 0 fully saturated rings. The van der Waals surface area contributed by atoms with Crippen molar-refractivity contribution in [1.82, 2.24) is 9.97 Å². The number of aromatic amines is 1. The molecule has 0 aliphatic rings. The summed E-state index contributed by atoms with van der Waals surface area (Å²) in [6.07, 6.45) is 1.80. The van der Waals surface area contributed by atoms with Gasteiger partial charge in [-0.3, -0.25) is 0 Å². The number of fused-ring (bicyclic) bond motifs is 1. The highest BCUT2D eigenvalue weighted by Crippen LogP contribution is 2.36. The van der Waals surface area contributed by atoms with Gasteiger partial charge in [0.25, 0.3) is 0 Å². The number of nitriles is 1. The van der Waals surface area contributed by atoms with Crippen molar-refractivity contribution >= 4 is 54.5 Å². The summed E-state index contributed by atoms with van der Waals surface area (Å²) in [5, 5.41) is 9.69. The van der Waals surface area contributed by atoms with E-state index >= 15 is 0 Å². The van der Waals surface area contributed by atoms with Gasteiger partial charge in [-0.05, 0) is 72.6 Å². The molecule has 0 spiro atoms. The van der Waals surface area contributed by atoms with Crippen molar-refractivity contribution in [2.24, 2.45) is 0 Å². The van der Waals surface area contributed by atoms with Crippen LogP contribution in [0, 0.1) is 18.3 Å². The lowest BCUT2D eigenvalue weighted by atomic mass is 10.1. The number of nitrogens with zero attached hydrogens (tertiary/aromatic N) is 2. The van der Waals surface area contributed by atoms with E-state index < -0.39 is 0 Å². The van der Waals surface area contributed by atoms with Gasteiger partial charge in [-0.15, -0.1) is 0 Å². The highest BCUT2D eigenvalue weighted by Gasteiger charge is 2.14. The van der Waals surface area contributed by atoms with E-state index in [4.69, 9.17) is 4.74 Å². The van der Waals surface area contributed by atoms with E-state index in [1.54, 1.807) is 6.08 Å². The van der Waals surface area contributed by atoms with Gasteiger partial charge in [-0.2, -0.15) is 5.26 Å². The zero-order valence-corrected chi connectivity index (χ0v) is 17.8. The SMILES string of the molecule is Cc1ccc2nc(C(C#N)=Cc3cc(Br)cc(Br)c3OC(C)C)[nH]c2c1. The Morgan fingerprint density at radius 1 is 1.27 bits per heavy atom. The molecule has 6 heteroatoms. The third kappa shape index (κ3) is 4.00. The predicted octanol–water partition coefficient (Wildman–Crippen LogP) is 6.25. The van der Waals surface area contributed by atoms with Crippen molar-refractivity contribution in [3.63, 3.8) is 0 Å². The summed E-state index contributed by atoms with van der Waals surface area (Å²) in [6, 6.07) is 12.1. The van der Waals surface area contributed by atoms with Crippen LogP contribution in [0.4, 0.5) is 0 Å². The van der Waals surface area contributed by atoms with Gasteiger partial charge in [-0.1, -0.05) is 22.0 Å². The molecule has 0 atom stereocenters. The molecular weight excluding hydrogens is 458 g/mol. The Labute approximate surface area is 169 Å².